The van der Waals surface area contributed by atoms with E-state index in [2.05, 4.69) is 10.2 Å². The van der Waals surface area contributed by atoms with Gasteiger partial charge in [-0.2, -0.15) is 0 Å². The van der Waals surface area contributed by atoms with Gasteiger partial charge in [-0.1, -0.05) is 6.07 Å². The lowest BCUT2D eigenvalue weighted by Crippen LogP contribution is -2.28. The van der Waals surface area contributed by atoms with Crippen molar-refractivity contribution in [3.8, 4) is 5.75 Å². The van der Waals surface area contributed by atoms with Gasteiger partial charge in [0.1, 0.15) is 0 Å². The highest BCUT2D eigenvalue weighted by atomic mass is 35.5. The van der Waals surface area contributed by atoms with E-state index in [9.17, 15) is 4.39 Å². The lowest BCUT2D eigenvalue weighted by Gasteiger charge is -2.23. The fraction of sp³-hybridized carbons (Fsp3) is 0.625. The Morgan fingerprint density at radius 1 is 1.38 bits per heavy atom. The predicted molar refractivity (Wildman–Crippen MR) is 84.6 cm³/mol. The summed E-state index contributed by atoms with van der Waals surface area (Å²) in [7, 11) is 0. The molecule has 1 spiro atoms. The third kappa shape index (κ3) is 3.68. The quantitative estimate of drug-likeness (QED) is 0.925. The van der Waals surface area contributed by atoms with Crippen LogP contribution in [-0.4, -0.2) is 37.7 Å². The molecule has 0 saturated carbocycles. The van der Waals surface area contributed by atoms with Gasteiger partial charge in [-0.3, -0.25) is 4.90 Å². The Hall–Kier alpha value is -0.840. The predicted octanol–water partition coefficient (Wildman–Crippen LogP) is 2.83. The Balaban J connectivity index is 0.00000161. The van der Waals surface area contributed by atoms with Crippen molar-refractivity contribution in [2.45, 2.75) is 26.3 Å². The van der Waals surface area contributed by atoms with Gasteiger partial charge >= 0.3 is 0 Å². The molecule has 0 aromatic heterocycles. The maximum absolute atomic E-state index is 13.9. The lowest BCUT2D eigenvalue weighted by atomic mass is 9.86. The zero-order valence-electron chi connectivity index (χ0n) is 12.5. The topological polar surface area (TPSA) is 24.5 Å². The number of nitrogens with one attached hydrogen (secondary N) is 1. The zero-order chi connectivity index (χ0) is 14.0. The minimum Gasteiger partial charge on any atom is -0.491 e. The molecule has 1 unspecified atom stereocenters. The van der Waals surface area contributed by atoms with Crippen LogP contribution >= 0.6 is 12.4 Å². The van der Waals surface area contributed by atoms with E-state index in [1.807, 2.05) is 13.0 Å². The fourth-order valence-electron chi connectivity index (χ4n) is 3.48. The smallest absolute Gasteiger partial charge is 0.165 e. The molecule has 1 aromatic rings. The van der Waals surface area contributed by atoms with Crippen LogP contribution in [0.5, 0.6) is 5.75 Å². The van der Waals surface area contributed by atoms with Crippen LogP contribution in [0.4, 0.5) is 4.39 Å². The molecule has 1 aromatic carbocycles. The molecule has 0 aliphatic carbocycles. The van der Waals surface area contributed by atoms with Crippen molar-refractivity contribution in [3.63, 3.8) is 0 Å². The third-order valence-corrected chi connectivity index (χ3v) is 4.55. The molecule has 2 aliphatic rings. The van der Waals surface area contributed by atoms with Crippen LogP contribution in [0.1, 0.15) is 25.3 Å². The maximum Gasteiger partial charge on any atom is 0.165 e. The molecule has 0 radical (unpaired) electrons. The second kappa shape index (κ2) is 6.95. The Labute approximate surface area is 132 Å². The minimum absolute atomic E-state index is 0. The Kier molecular flexibility index (Phi) is 5.47. The molecule has 0 amide bonds. The Morgan fingerprint density at radius 3 is 2.90 bits per heavy atom. The van der Waals surface area contributed by atoms with Gasteiger partial charge in [0.2, 0.25) is 0 Å². The average molecular weight is 315 g/mol. The number of likely N-dealkylation sites (tertiary alicyclic amines) is 1. The summed E-state index contributed by atoms with van der Waals surface area (Å²) in [4.78, 5) is 2.45. The maximum atomic E-state index is 13.9. The van der Waals surface area contributed by atoms with E-state index in [-0.39, 0.29) is 18.2 Å². The summed E-state index contributed by atoms with van der Waals surface area (Å²) >= 11 is 0. The van der Waals surface area contributed by atoms with Gasteiger partial charge in [0.05, 0.1) is 6.61 Å². The van der Waals surface area contributed by atoms with Gasteiger partial charge in [0.15, 0.2) is 11.6 Å². The summed E-state index contributed by atoms with van der Waals surface area (Å²) in [6.07, 6.45) is 2.54. The highest BCUT2D eigenvalue weighted by Gasteiger charge is 2.39. The molecule has 21 heavy (non-hydrogen) atoms. The van der Waals surface area contributed by atoms with Gasteiger partial charge in [-0.05, 0) is 56.0 Å². The normalized spacial score (nSPS) is 25.2. The monoisotopic (exact) mass is 314 g/mol. The summed E-state index contributed by atoms with van der Waals surface area (Å²) in [5.41, 5.74) is 1.51. The molecule has 1 N–H and O–H groups in total. The van der Waals surface area contributed by atoms with Crippen LogP contribution in [0.3, 0.4) is 0 Å². The van der Waals surface area contributed by atoms with E-state index in [0.29, 0.717) is 17.8 Å². The summed E-state index contributed by atoms with van der Waals surface area (Å²) in [5, 5.41) is 3.47. The van der Waals surface area contributed by atoms with E-state index >= 15 is 0 Å². The van der Waals surface area contributed by atoms with Crippen LogP contribution in [0.25, 0.3) is 0 Å². The second-order valence-corrected chi connectivity index (χ2v) is 6.09. The third-order valence-electron chi connectivity index (χ3n) is 4.55. The molecule has 2 aliphatic heterocycles. The van der Waals surface area contributed by atoms with Gasteiger partial charge in [-0.25, -0.2) is 4.39 Å². The van der Waals surface area contributed by atoms with E-state index in [1.165, 1.54) is 12.8 Å². The van der Waals surface area contributed by atoms with E-state index in [1.54, 1.807) is 12.1 Å². The molecular formula is C16H24ClFN2O. The van der Waals surface area contributed by atoms with Crippen molar-refractivity contribution in [2.24, 2.45) is 5.41 Å². The number of hydrogen-bond donors (Lipinski definition) is 1. The number of benzene rings is 1. The van der Waals surface area contributed by atoms with E-state index < -0.39 is 0 Å². The molecule has 1 atom stereocenters. The highest BCUT2D eigenvalue weighted by Crippen LogP contribution is 2.36. The number of halogens is 2. The summed E-state index contributed by atoms with van der Waals surface area (Å²) < 4.78 is 19.1. The van der Waals surface area contributed by atoms with Crippen LogP contribution in [0.2, 0.25) is 0 Å². The van der Waals surface area contributed by atoms with Gasteiger partial charge in [-0.15, -0.1) is 12.4 Å². The SMILES string of the molecule is CCOc1ccc(CN2CCC3(CCNC3)C2)cc1F.Cl. The van der Waals surface area contributed by atoms with Gasteiger partial charge in [0.25, 0.3) is 0 Å². The molecule has 0 bridgehead atoms. The first kappa shape index (κ1) is 16.5. The van der Waals surface area contributed by atoms with E-state index in [4.69, 9.17) is 4.74 Å². The molecule has 3 rings (SSSR count). The van der Waals surface area contributed by atoms with Crippen molar-refractivity contribution in [3.05, 3.63) is 29.6 Å². The highest BCUT2D eigenvalue weighted by molar-refractivity contribution is 5.85. The minimum atomic E-state index is -0.249. The zero-order valence-corrected chi connectivity index (χ0v) is 13.3. The molecule has 2 fully saturated rings. The molecule has 2 saturated heterocycles. The van der Waals surface area contributed by atoms with Crippen LogP contribution in [-0.2, 0) is 6.54 Å². The van der Waals surface area contributed by atoms with Crippen molar-refractivity contribution in [1.82, 2.24) is 10.2 Å². The molecular weight excluding hydrogens is 291 g/mol. The van der Waals surface area contributed by atoms with Crippen LogP contribution in [0.15, 0.2) is 18.2 Å². The van der Waals surface area contributed by atoms with E-state index in [0.717, 1.165) is 38.3 Å². The molecule has 5 heteroatoms. The van der Waals surface area contributed by atoms with Crippen LogP contribution in [0, 0.1) is 11.2 Å². The van der Waals surface area contributed by atoms with Crippen LogP contribution < -0.4 is 10.1 Å². The lowest BCUT2D eigenvalue weighted by molar-refractivity contribution is 0.268. The first-order chi connectivity index (χ1) is 9.71. The van der Waals surface area contributed by atoms with Crippen molar-refractivity contribution in [2.75, 3.05) is 32.8 Å². The molecule has 118 valence electrons. The average Bonchev–Trinajstić information content (AvgIpc) is 3.04. The van der Waals surface area contributed by atoms with Gasteiger partial charge in [0, 0.05) is 19.6 Å². The van der Waals surface area contributed by atoms with Crippen molar-refractivity contribution >= 4 is 12.4 Å². The Morgan fingerprint density at radius 2 is 2.24 bits per heavy atom. The molecule has 3 nitrogen and oxygen atoms in total. The van der Waals surface area contributed by atoms with Crippen molar-refractivity contribution in [1.29, 1.82) is 0 Å². The molecule has 2 heterocycles. The Bertz CT molecular complexity index is 477. The van der Waals surface area contributed by atoms with Crippen molar-refractivity contribution < 1.29 is 9.13 Å². The number of rotatable bonds is 4. The number of hydrogen-bond acceptors (Lipinski definition) is 3. The largest absolute Gasteiger partial charge is 0.491 e. The van der Waals surface area contributed by atoms with Gasteiger partial charge < -0.3 is 10.1 Å². The summed E-state index contributed by atoms with van der Waals surface area (Å²) in [5.74, 6) is 0.106. The first-order valence-electron chi connectivity index (χ1n) is 7.55. The fourth-order valence-corrected chi connectivity index (χ4v) is 3.48. The number of ether oxygens (including phenoxy) is 1. The first-order valence-corrected chi connectivity index (χ1v) is 7.55. The number of nitrogens with zero attached hydrogens (tertiary/aromatic N) is 1. The standard InChI is InChI=1S/C16H23FN2O.ClH/c1-2-20-15-4-3-13(9-14(15)17)10-19-8-6-16(12-19)5-7-18-11-16;/h3-4,9,18H,2,5-8,10-12H2,1H3;1H. The summed E-state index contributed by atoms with van der Waals surface area (Å²) in [6, 6.07) is 5.34. The second-order valence-electron chi connectivity index (χ2n) is 6.09. The summed E-state index contributed by atoms with van der Waals surface area (Å²) in [6.45, 7) is 7.74.